The van der Waals surface area contributed by atoms with Crippen molar-refractivity contribution in [2.45, 2.75) is 51.5 Å². The van der Waals surface area contributed by atoms with Crippen LogP contribution in [0.25, 0.3) is 0 Å². The molecule has 1 aromatic carbocycles. The topological polar surface area (TPSA) is 21.3 Å². The molecule has 0 aliphatic heterocycles. The van der Waals surface area contributed by atoms with Crippen molar-refractivity contribution in [1.29, 1.82) is 0 Å². The second-order valence-electron chi connectivity index (χ2n) is 6.12. The Hall–Kier alpha value is -0.860. The van der Waals surface area contributed by atoms with Crippen LogP contribution in [-0.2, 0) is 11.2 Å². The van der Waals surface area contributed by atoms with Gasteiger partial charge in [0.15, 0.2) is 0 Å². The molecule has 2 nitrogen and oxygen atoms in total. The lowest BCUT2D eigenvalue weighted by molar-refractivity contribution is 0.128. The number of nitrogens with one attached hydrogen (secondary N) is 1. The monoisotopic (exact) mass is 275 g/mol. The van der Waals surface area contributed by atoms with Crippen molar-refractivity contribution in [2.75, 3.05) is 19.8 Å². The Morgan fingerprint density at radius 3 is 2.80 bits per heavy atom. The van der Waals surface area contributed by atoms with Gasteiger partial charge >= 0.3 is 0 Å². The van der Waals surface area contributed by atoms with E-state index in [1.165, 1.54) is 31.2 Å². The van der Waals surface area contributed by atoms with Gasteiger partial charge in [-0.05, 0) is 37.2 Å². The summed E-state index contributed by atoms with van der Waals surface area (Å²) in [7, 11) is 0. The first-order valence-corrected chi connectivity index (χ1v) is 8.19. The molecule has 0 saturated heterocycles. The molecule has 2 unspecified atom stereocenters. The van der Waals surface area contributed by atoms with Gasteiger partial charge in [-0.1, -0.05) is 50.1 Å². The summed E-state index contributed by atoms with van der Waals surface area (Å²) < 4.78 is 5.71. The number of hydrogen-bond acceptors (Lipinski definition) is 2. The molecule has 2 heteroatoms. The third-order valence-electron chi connectivity index (χ3n) is 4.21. The summed E-state index contributed by atoms with van der Waals surface area (Å²) in [5, 5.41) is 3.64. The first kappa shape index (κ1) is 15.5. The molecule has 1 saturated carbocycles. The van der Waals surface area contributed by atoms with Crippen LogP contribution in [0.15, 0.2) is 30.3 Å². The summed E-state index contributed by atoms with van der Waals surface area (Å²) in [6.45, 7) is 5.09. The molecule has 0 aromatic heterocycles. The molecule has 0 bridgehead atoms. The fourth-order valence-electron chi connectivity index (χ4n) is 3.08. The lowest BCUT2D eigenvalue weighted by atomic mass is 9.87. The van der Waals surface area contributed by atoms with E-state index in [0.29, 0.717) is 0 Å². The smallest absolute Gasteiger partial charge is 0.0591 e. The first-order valence-electron chi connectivity index (χ1n) is 8.19. The highest BCUT2D eigenvalue weighted by Crippen LogP contribution is 2.23. The van der Waals surface area contributed by atoms with E-state index in [4.69, 9.17) is 4.74 Å². The van der Waals surface area contributed by atoms with Crippen molar-refractivity contribution >= 4 is 0 Å². The zero-order chi connectivity index (χ0) is 14.0. The zero-order valence-electron chi connectivity index (χ0n) is 12.8. The van der Waals surface area contributed by atoms with Crippen LogP contribution in [0.1, 0.15) is 44.6 Å². The molecular formula is C18H29NO. The van der Waals surface area contributed by atoms with E-state index in [9.17, 15) is 0 Å². The first-order chi connectivity index (χ1) is 9.84. The minimum atomic E-state index is 0.728. The van der Waals surface area contributed by atoms with Gasteiger partial charge in [0.2, 0.25) is 0 Å². The average molecular weight is 275 g/mol. The second kappa shape index (κ2) is 9.15. The Kier molecular flexibility index (Phi) is 7.10. The molecule has 1 N–H and O–H groups in total. The van der Waals surface area contributed by atoms with E-state index >= 15 is 0 Å². The number of hydrogen-bond donors (Lipinski definition) is 1. The van der Waals surface area contributed by atoms with Crippen LogP contribution in [0.5, 0.6) is 0 Å². The summed E-state index contributed by atoms with van der Waals surface area (Å²) in [5.41, 5.74) is 1.41. The SMILES string of the molecule is CC1CCCC(NCCOCCCc2ccccc2)C1. The molecule has 0 spiro atoms. The van der Waals surface area contributed by atoms with Crippen molar-refractivity contribution in [3.63, 3.8) is 0 Å². The predicted octanol–water partition coefficient (Wildman–Crippen LogP) is 3.80. The Morgan fingerprint density at radius 1 is 1.15 bits per heavy atom. The van der Waals surface area contributed by atoms with Crippen LogP contribution in [0.4, 0.5) is 0 Å². The molecular weight excluding hydrogens is 246 g/mol. The summed E-state index contributed by atoms with van der Waals surface area (Å²) in [6, 6.07) is 11.4. The fraction of sp³-hybridized carbons (Fsp3) is 0.667. The molecule has 1 aromatic rings. The lowest BCUT2D eigenvalue weighted by Gasteiger charge is -2.27. The van der Waals surface area contributed by atoms with Gasteiger partial charge in [0.25, 0.3) is 0 Å². The molecule has 2 atom stereocenters. The molecule has 0 radical (unpaired) electrons. The van der Waals surface area contributed by atoms with Gasteiger partial charge in [-0.2, -0.15) is 0 Å². The highest BCUT2D eigenvalue weighted by Gasteiger charge is 2.17. The van der Waals surface area contributed by atoms with Gasteiger partial charge in [-0.15, -0.1) is 0 Å². The summed E-state index contributed by atoms with van der Waals surface area (Å²) in [4.78, 5) is 0. The largest absolute Gasteiger partial charge is 0.380 e. The molecule has 0 heterocycles. The van der Waals surface area contributed by atoms with Crippen LogP contribution >= 0.6 is 0 Å². The summed E-state index contributed by atoms with van der Waals surface area (Å²) in [6.07, 6.45) is 7.72. The normalized spacial score (nSPS) is 22.9. The van der Waals surface area contributed by atoms with Gasteiger partial charge in [-0.25, -0.2) is 0 Å². The molecule has 1 aliphatic rings. The average Bonchev–Trinajstić information content (AvgIpc) is 2.47. The van der Waals surface area contributed by atoms with Crippen LogP contribution in [-0.4, -0.2) is 25.8 Å². The van der Waals surface area contributed by atoms with Crippen molar-refractivity contribution in [1.82, 2.24) is 5.32 Å². The van der Waals surface area contributed by atoms with Crippen molar-refractivity contribution < 1.29 is 4.74 Å². The summed E-state index contributed by atoms with van der Waals surface area (Å²) in [5.74, 6) is 0.896. The van der Waals surface area contributed by atoms with Crippen molar-refractivity contribution in [2.24, 2.45) is 5.92 Å². The van der Waals surface area contributed by atoms with E-state index in [1.54, 1.807) is 0 Å². The molecule has 112 valence electrons. The third-order valence-corrected chi connectivity index (χ3v) is 4.21. The molecule has 2 rings (SSSR count). The predicted molar refractivity (Wildman–Crippen MR) is 85.0 cm³/mol. The second-order valence-corrected chi connectivity index (χ2v) is 6.12. The quantitative estimate of drug-likeness (QED) is 0.729. The molecule has 20 heavy (non-hydrogen) atoms. The van der Waals surface area contributed by atoms with Gasteiger partial charge in [0, 0.05) is 19.2 Å². The minimum absolute atomic E-state index is 0.728. The fourth-order valence-corrected chi connectivity index (χ4v) is 3.08. The number of aryl methyl sites for hydroxylation is 1. The van der Waals surface area contributed by atoms with Crippen LogP contribution < -0.4 is 5.32 Å². The third kappa shape index (κ3) is 6.06. The van der Waals surface area contributed by atoms with E-state index in [-0.39, 0.29) is 0 Å². The van der Waals surface area contributed by atoms with E-state index < -0.39 is 0 Å². The Bertz CT molecular complexity index is 352. The number of ether oxygens (including phenoxy) is 1. The molecule has 1 aliphatic carbocycles. The Balaban J connectivity index is 1.44. The summed E-state index contributed by atoms with van der Waals surface area (Å²) >= 11 is 0. The number of rotatable bonds is 8. The standard InChI is InChI=1S/C18H29NO/c1-16-7-5-11-18(15-16)19-12-14-20-13-6-10-17-8-3-2-4-9-17/h2-4,8-9,16,18-19H,5-7,10-15H2,1H3. The lowest BCUT2D eigenvalue weighted by Crippen LogP contribution is -2.35. The minimum Gasteiger partial charge on any atom is -0.380 e. The molecule has 1 fully saturated rings. The highest BCUT2D eigenvalue weighted by atomic mass is 16.5. The zero-order valence-corrected chi connectivity index (χ0v) is 12.8. The maximum Gasteiger partial charge on any atom is 0.0591 e. The van der Waals surface area contributed by atoms with E-state index in [2.05, 4.69) is 42.6 Å². The molecule has 0 amide bonds. The highest BCUT2D eigenvalue weighted by molar-refractivity contribution is 5.14. The maximum absolute atomic E-state index is 5.71. The van der Waals surface area contributed by atoms with Crippen LogP contribution in [0.3, 0.4) is 0 Å². The maximum atomic E-state index is 5.71. The Morgan fingerprint density at radius 2 is 2.00 bits per heavy atom. The van der Waals surface area contributed by atoms with Gasteiger partial charge in [-0.3, -0.25) is 0 Å². The Labute approximate surface area is 123 Å². The van der Waals surface area contributed by atoms with E-state index in [1.807, 2.05) is 0 Å². The van der Waals surface area contributed by atoms with Crippen molar-refractivity contribution in [3.8, 4) is 0 Å². The van der Waals surface area contributed by atoms with Gasteiger partial charge in [0.05, 0.1) is 6.61 Å². The van der Waals surface area contributed by atoms with Gasteiger partial charge in [0.1, 0.15) is 0 Å². The van der Waals surface area contributed by atoms with Gasteiger partial charge < -0.3 is 10.1 Å². The van der Waals surface area contributed by atoms with E-state index in [0.717, 1.165) is 44.6 Å². The van der Waals surface area contributed by atoms with Crippen molar-refractivity contribution in [3.05, 3.63) is 35.9 Å². The van der Waals surface area contributed by atoms with Crippen LogP contribution in [0, 0.1) is 5.92 Å². The van der Waals surface area contributed by atoms with Crippen LogP contribution in [0.2, 0.25) is 0 Å². The number of benzene rings is 1.